The summed E-state index contributed by atoms with van der Waals surface area (Å²) in [4.78, 5) is 23.1. The molecule has 2 aliphatic rings. The standard InChI is InChI=1S/C21H35N5OS.HI/c1-5-22-21(24-18-6-9-26(14-18)20(27)15(2)3)23-12-16(4)25-10-7-19-17(13-25)8-11-28-19;/h8,11,15-16,18H,5-7,9-10,12-14H2,1-4H3,(H2,22,23,24);1H. The highest BCUT2D eigenvalue weighted by molar-refractivity contribution is 14.0. The first-order valence-electron chi connectivity index (χ1n) is 10.6. The number of amides is 1. The Kier molecular flexibility index (Phi) is 9.68. The van der Waals surface area contributed by atoms with Gasteiger partial charge in [0.2, 0.25) is 5.91 Å². The van der Waals surface area contributed by atoms with E-state index in [-0.39, 0.29) is 41.8 Å². The van der Waals surface area contributed by atoms with E-state index in [1.165, 1.54) is 5.56 Å². The van der Waals surface area contributed by atoms with Crippen LogP contribution in [0.15, 0.2) is 16.4 Å². The van der Waals surface area contributed by atoms with Crippen LogP contribution < -0.4 is 10.6 Å². The van der Waals surface area contributed by atoms with Crippen LogP contribution in [0.1, 0.15) is 44.6 Å². The molecule has 1 aromatic heterocycles. The van der Waals surface area contributed by atoms with Crippen LogP contribution in [-0.2, 0) is 17.8 Å². The molecule has 1 fully saturated rings. The SMILES string of the molecule is CCNC(=NCC(C)N1CCc2sccc2C1)NC1CCN(C(=O)C(C)C)C1.I. The number of thiophene rings is 1. The summed E-state index contributed by atoms with van der Waals surface area (Å²) >= 11 is 1.88. The molecule has 0 saturated carbocycles. The lowest BCUT2D eigenvalue weighted by molar-refractivity contribution is -0.133. The summed E-state index contributed by atoms with van der Waals surface area (Å²) in [6.07, 6.45) is 2.13. The minimum absolute atomic E-state index is 0. The number of hydrogen-bond acceptors (Lipinski definition) is 4. The largest absolute Gasteiger partial charge is 0.357 e. The fourth-order valence-corrected chi connectivity index (χ4v) is 4.83. The molecule has 0 bridgehead atoms. The number of aliphatic imine (C=N–C) groups is 1. The number of fused-ring (bicyclic) bond motifs is 1. The van der Waals surface area contributed by atoms with Crippen molar-refractivity contribution in [2.24, 2.45) is 10.9 Å². The van der Waals surface area contributed by atoms with E-state index in [0.29, 0.717) is 6.04 Å². The third-order valence-corrected chi connectivity index (χ3v) is 6.68. The van der Waals surface area contributed by atoms with Crippen LogP contribution in [0.5, 0.6) is 0 Å². The van der Waals surface area contributed by atoms with Gasteiger partial charge in [-0.3, -0.25) is 14.7 Å². The van der Waals surface area contributed by atoms with Crippen molar-refractivity contribution in [3.63, 3.8) is 0 Å². The first-order valence-corrected chi connectivity index (χ1v) is 11.5. The number of likely N-dealkylation sites (tertiary alicyclic amines) is 1. The Balaban J connectivity index is 0.00000300. The topological polar surface area (TPSA) is 60.0 Å². The van der Waals surface area contributed by atoms with Crippen molar-refractivity contribution < 1.29 is 4.79 Å². The van der Waals surface area contributed by atoms with E-state index in [0.717, 1.165) is 58.1 Å². The predicted octanol–water partition coefficient (Wildman–Crippen LogP) is 2.92. The second-order valence-corrected chi connectivity index (χ2v) is 9.23. The maximum Gasteiger partial charge on any atom is 0.225 e. The zero-order chi connectivity index (χ0) is 20.1. The van der Waals surface area contributed by atoms with E-state index in [4.69, 9.17) is 4.99 Å². The fraction of sp³-hybridized carbons (Fsp3) is 0.714. The molecule has 1 amide bonds. The summed E-state index contributed by atoms with van der Waals surface area (Å²) in [5.41, 5.74) is 1.48. The molecular weight excluding hydrogens is 497 g/mol. The van der Waals surface area contributed by atoms with Gasteiger partial charge in [-0.1, -0.05) is 13.8 Å². The molecule has 0 radical (unpaired) electrons. The minimum atomic E-state index is 0. The van der Waals surface area contributed by atoms with E-state index >= 15 is 0 Å². The van der Waals surface area contributed by atoms with Crippen molar-refractivity contribution in [3.05, 3.63) is 21.9 Å². The van der Waals surface area contributed by atoms with Crippen molar-refractivity contribution >= 4 is 47.2 Å². The second kappa shape index (κ2) is 11.5. The van der Waals surface area contributed by atoms with Gasteiger partial charge in [0.05, 0.1) is 6.54 Å². The number of nitrogens with one attached hydrogen (secondary N) is 2. The number of guanidine groups is 1. The van der Waals surface area contributed by atoms with Gasteiger partial charge >= 0.3 is 0 Å². The third kappa shape index (κ3) is 6.55. The van der Waals surface area contributed by atoms with Gasteiger partial charge < -0.3 is 15.5 Å². The second-order valence-electron chi connectivity index (χ2n) is 8.23. The lowest BCUT2D eigenvalue weighted by atomic mass is 10.1. The molecule has 29 heavy (non-hydrogen) atoms. The number of rotatable bonds is 6. The maximum atomic E-state index is 12.2. The van der Waals surface area contributed by atoms with Crippen LogP contribution in [0, 0.1) is 5.92 Å². The van der Waals surface area contributed by atoms with Crippen molar-refractivity contribution in [2.75, 3.05) is 32.7 Å². The van der Waals surface area contributed by atoms with Gasteiger partial charge in [0.1, 0.15) is 0 Å². The minimum Gasteiger partial charge on any atom is -0.357 e. The highest BCUT2D eigenvalue weighted by atomic mass is 127. The Morgan fingerprint density at radius 3 is 2.86 bits per heavy atom. The first-order chi connectivity index (χ1) is 13.5. The predicted molar refractivity (Wildman–Crippen MR) is 132 cm³/mol. The average Bonchev–Trinajstić information content (AvgIpc) is 3.33. The molecule has 0 aliphatic carbocycles. The Morgan fingerprint density at radius 2 is 2.14 bits per heavy atom. The molecule has 2 N–H and O–H groups in total. The van der Waals surface area contributed by atoms with Gasteiger partial charge in [0.15, 0.2) is 5.96 Å². The average molecular weight is 534 g/mol. The molecule has 164 valence electrons. The van der Waals surface area contributed by atoms with Crippen LogP contribution in [0.2, 0.25) is 0 Å². The number of nitrogens with zero attached hydrogens (tertiary/aromatic N) is 3. The van der Waals surface area contributed by atoms with Crippen LogP contribution >= 0.6 is 35.3 Å². The lowest BCUT2D eigenvalue weighted by Crippen LogP contribution is -2.46. The van der Waals surface area contributed by atoms with Crippen molar-refractivity contribution in [2.45, 2.75) is 59.2 Å². The van der Waals surface area contributed by atoms with Gasteiger partial charge in [-0.2, -0.15) is 0 Å². The summed E-state index contributed by atoms with van der Waals surface area (Å²) in [5.74, 6) is 1.18. The van der Waals surface area contributed by atoms with E-state index in [1.807, 2.05) is 30.1 Å². The summed E-state index contributed by atoms with van der Waals surface area (Å²) < 4.78 is 0. The van der Waals surface area contributed by atoms with Gasteiger partial charge in [0.25, 0.3) is 0 Å². The number of halogens is 1. The highest BCUT2D eigenvalue weighted by Gasteiger charge is 2.28. The quantitative estimate of drug-likeness (QED) is 0.336. The monoisotopic (exact) mass is 533 g/mol. The lowest BCUT2D eigenvalue weighted by Gasteiger charge is -2.31. The van der Waals surface area contributed by atoms with Crippen LogP contribution in [0.25, 0.3) is 0 Å². The van der Waals surface area contributed by atoms with Crippen molar-refractivity contribution in [1.82, 2.24) is 20.4 Å². The molecule has 2 unspecified atom stereocenters. The zero-order valence-corrected chi connectivity index (χ0v) is 21.3. The maximum absolute atomic E-state index is 12.2. The van der Waals surface area contributed by atoms with Gasteiger partial charge in [-0.25, -0.2) is 0 Å². The molecule has 3 rings (SSSR count). The normalized spacial score (nSPS) is 20.9. The van der Waals surface area contributed by atoms with Gasteiger partial charge in [-0.05, 0) is 43.7 Å². The molecule has 0 spiro atoms. The molecular formula is C21H36IN5OS. The third-order valence-electron chi connectivity index (χ3n) is 5.65. The summed E-state index contributed by atoms with van der Waals surface area (Å²) in [7, 11) is 0. The fourth-order valence-electron chi connectivity index (χ4n) is 3.94. The van der Waals surface area contributed by atoms with Crippen LogP contribution in [-0.4, -0.2) is 66.5 Å². The molecule has 6 nitrogen and oxygen atoms in total. The molecule has 8 heteroatoms. The Hall–Kier alpha value is -0.870. The summed E-state index contributed by atoms with van der Waals surface area (Å²) in [6.45, 7) is 13.7. The Morgan fingerprint density at radius 1 is 1.34 bits per heavy atom. The van der Waals surface area contributed by atoms with Crippen molar-refractivity contribution in [1.29, 1.82) is 0 Å². The first kappa shape index (κ1) is 24.4. The van der Waals surface area contributed by atoms with Gasteiger partial charge in [-0.15, -0.1) is 35.3 Å². The zero-order valence-electron chi connectivity index (χ0n) is 18.1. The molecule has 1 saturated heterocycles. The Bertz CT molecular complexity index is 692. The van der Waals surface area contributed by atoms with E-state index in [1.54, 1.807) is 4.88 Å². The van der Waals surface area contributed by atoms with Crippen LogP contribution in [0.3, 0.4) is 0 Å². The molecule has 2 aliphatic heterocycles. The van der Waals surface area contributed by atoms with E-state index in [9.17, 15) is 4.79 Å². The van der Waals surface area contributed by atoms with Gasteiger partial charge in [0, 0.05) is 55.6 Å². The molecule has 3 heterocycles. The van der Waals surface area contributed by atoms with Crippen molar-refractivity contribution in [3.8, 4) is 0 Å². The number of hydrogen-bond donors (Lipinski definition) is 2. The Labute approximate surface area is 196 Å². The summed E-state index contributed by atoms with van der Waals surface area (Å²) in [6, 6.07) is 2.95. The van der Waals surface area contributed by atoms with E-state index < -0.39 is 0 Å². The molecule has 2 atom stereocenters. The highest BCUT2D eigenvalue weighted by Crippen LogP contribution is 2.25. The molecule has 0 aromatic carbocycles. The smallest absolute Gasteiger partial charge is 0.225 e. The number of carbonyl (C=O) groups excluding carboxylic acids is 1. The molecule has 1 aromatic rings. The summed E-state index contributed by atoms with van der Waals surface area (Å²) in [5, 5.41) is 9.11. The van der Waals surface area contributed by atoms with Crippen LogP contribution in [0.4, 0.5) is 0 Å². The van der Waals surface area contributed by atoms with E-state index in [2.05, 4.69) is 40.8 Å². The number of carbonyl (C=O) groups is 1.